The highest BCUT2D eigenvalue weighted by Gasteiger charge is 2.18. The van der Waals surface area contributed by atoms with Crippen molar-refractivity contribution < 1.29 is 13.6 Å². The lowest BCUT2D eigenvalue weighted by Crippen LogP contribution is -2.15. The predicted molar refractivity (Wildman–Crippen MR) is 117 cm³/mol. The number of hydrogen-bond acceptors (Lipinski definition) is 5. The van der Waals surface area contributed by atoms with Gasteiger partial charge in [-0.15, -0.1) is 10.2 Å². The molecule has 0 aliphatic carbocycles. The van der Waals surface area contributed by atoms with Crippen LogP contribution in [0.5, 0.6) is 0 Å². The number of anilines is 1. The summed E-state index contributed by atoms with van der Waals surface area (Å²) in [7, 11) is 0. The SMILES string of the molecule is N#Cc1ccccc1NC(=O)CSc1nnc(-c2ccc(F)cc2)n1-c1ccc(F)cc1. The van der Waals surface area contributed by atoms with E-state index in [1.807, 2.05) is 6.07 Å². The Morgan fingerprint density at radius 1 is 0.969 bits per heavy atom. The zero-order chi connectivity index (χ0) is 22.5. The molecule has 3 aromatic carbocycles. The van der Waals surface area contributed by atoms with Crippen molar-refractivity contribution in [1.82, 2.24) is 14.8 Å². The van der Waals surface area contributed by atoms with E-state index >= 15 is 0 Å². The number of nitrogens with one attached hydrogen (secondary N) is 1. The summed E-state index contributed by atoms with van der Waals surface area (Å²) in [4.78, 5) is 12.5. The van der Waals surface area contributed by atoms with Gasteiger partial charge in [-0.2, -0.15) is 5.26 Å². The van der Waals surface area contributed by atoms with Gasteiger partial charge in [0.25, 0.3) is 0 Å². The van der Waals surface area contributed by atoms with Gasteiger partial charge in [-0.3, -0.25) is 9.36 Å². The first-order valence-electron chi connectivity index (χ1n) is 9.44. The lowest BCUT2D eigenvalue weighted by Gasteiger charge is -2.11. The Labute approximate surface area is 186 Å². The van der Waals surface area contributed by atoms with Gasteiger partial charge in [-0.05, 0) is 60.7 Å². The second-order valence-corrected chi connectivity index (χ2v) is 7.56. The van der Waals surface area contributed by atoms with Gasteiger partial charge in [0.05, 0.1) is 17.0 Å². The van der Waals surface area contributed by atoms with Crippen LogP contribution in [0.4, 0.5) is 14.5 Å². The summed E-state index contributed by atoms with van der Waals surface area (Å²) in [6.45, 7) is 0. The minimum atomic E-state index is -0.394. The highest BCUT2D eigenvalue weighted by atomic mass is 32.2. The molecule has 1 N–H and O–H groups in total. The van der Waals surface area contributed by atoms with Crippen molar-refractivity contribution in [3.63, 3.8) is 0 Å². The van der Waals surface area contributed by atoms with Crippen molar-refractivity contribution in [3.8, 4) is 23.1 Å². The van der Waals surface area contributed by atoms with Gasteiger partial charge in [0.15, 0.2) is 11.0 Å². The van der Waals surface area contributed by atoms with Crippen molar-refractivity contribution in [1.29, 1.82) is 5.26 Å². The van der Waals surface area contributed by atoms with E-state index in [0.717, 1.165) is 11.8 Å². The third-order valence-corrected chi connectivity index (χ3v) is 5.40. The normalized spacial score (nSPS) is 10.5. The quantitative estimate of drug-likeness (QED) is 0.429. The Morgan fingerprint density at radius 3 is 2.31 bits per heavy atom. The molecule has 0 unspecified atom stereocenters. The van der Waals surface area contributed by atoms with Gasteiger partial charge in [0, 0.05) is 11.3 Å². The highest BCUT2D eigenvalue weighted by molar-refractivity contribution is 7.99. The number of nitrogens with zero attached hydrogens (tertiary/aromatic N) is 4. The Hall–Kier alpha value is -4.03. The lowest BCUT2D eigenvalue weighted by atomic mass is 10.2. The summed E-state index contributed by atoms with van der Waals surface area (Å²) in [6, 6.07) is 20.2. The molecule has 0 aliphatic rings. The number of para-hydroxylation sites is 1. The number of carbonyl (C=O) groups is 1. The fourth-order valence-corrected chi connectivity index (χ4v) is 3.73. The molecule has 0 bridgehead atoms. The molecule has 9 heteroatoms. The maximum atomic E-state index is 13.5. The van der Waals surface area contributed by atoms with E-state index in [4.69, 9.17) is 0 Å². The van der Waals surface area contributed by atoms with Gasteiger partial charge in [0.2, 0.25) is 5.91 Å². The van der Waals surface area contributed by atoms with Crippen molar-refractivity contribution in [2.75, 3.05) is 11.1 Å². The zero-order valence-electron chi connectivity index (χ0n) is 16.5. The minimum absolute atomic E-state index is 0.00249. The predicted octanol–water partition coefficient (Wildman–Crippen LogP) is 4.81. The Bertz CT molecular complexity index is 1300. The molecule has 4 rings (SSSR count). The number of nitriles is 1. The number of amides is 1. The third kappa shape index (κ3) is 4.66. The maximum absolute atomic E-state index is 13.5. The molecule has 1 heterocycles. The molecule has 0 spiro atoms. The Balaban J connectivity index is 1.61. The van der Waals surface area contributed by atoms with E-state index in [9.17, 15) is 18.8 Å². The molecule has 0 saturated heterocycles. The van der Waals surface area contributed by atoms with Crippen LogP contribution in [0.1, 0.15) is 5.56 Å². The first kappa shape index (κ1) is 21.2. The molecular weight excluding hydrogens is 432 g/mol. The van der Waals surface area contributed by atoms with E-state index in [1.54, 1.807) is 53.1 Å². The number of rotatable bonds is 6. The standard InChI is InChI=1S/C23H15F2N5OS/c24-17-7-5-15(6-8-17)22-28-29-23(30(22)19-11-9-18(25)10-12-19)32-14-21(31)27-20-4-2-1-3-16(20)13-26/h1-12H,14H2,(H,27,31). The molecule has 0 fully saturated rings. The largest absolute Gasteiger partial charge is 0.324 e. The second-order valence-electron chi connectivity index (χ2n) is 6.62. The van der Waals surface area contributed by atoms with E-state index in [-0.39, 0.29) is 17.5 Å². The smallest absolute Gasteiger partial charge is 0.234 e. The topological polar surface area (TPSA) is 83.6 Å². The van der Waals surface area contributed by atoms with Gasteiger partial charge in [-0.25, -0.2) is 8.78 Å². The first-order valence-corrected chi connectivity index (χ1v) is 10.4. The number of hydrogen-bond donors (Lipinski definition) is 1. The van der Waals surface area contributed by atoms with Crippen LogP contribution in [-0.4, -0.2) is 26.4 Å². The molecule has 0 atom stereocenters. The summed E-state index contributed by atoms with van der Waals surface area (Å²) >= 11 is 1.13. The molecule has 1 aromatic heterocycles. The number of aromatic nitrogens is 3. The van der Waals surface area contributed by atoms with Gasteiger partial charge < -0.3 is 5.32 Å². The average Bonchev–Trinajstić information content (AvgIpc) is 3.23. The molecule has 6 nitrogen and oxygen atoms in total. The zero-order valence-corrected chi connectivity index (χ0v) is 17.3. The molecular formula is C23H15F2N5OS. The Morgan fingerprint density at radius 2 is 1.62 bits per heavy atom. The van der Waals surface area contributed by atoms with Crippen LogP contribution in [0.2, 0.25) is 0 Å². The summed E-state index contributed by atoms with van der Waals surface area (Å²) < 4.78 is 28.5. The van der Waals surface area contributed by atoms with Crippen molar-refractivity contribution in [3.05, 3.63) is 90.0 Å². The Kier molecular flexibility index (Phi) is 6.24. The minimum Gasteiger partial charge on any atom is -0.324 e. The first-order chi connectivity index (χ1) is 15.5. The fraction of sp³-hybridized carbons (Fsp3) is 0.0435. The number of halogens is 2. The monoisotopic (exact) mass is 447 g/mol. The van der Waals surface area contributed by atoms with Crippen molar-refractivity contribution in [2.24, 2.45) is 0 Å². The van der Waals surface area contributed by atoms with Gasteiger partial charge in [0.1, 0.15) is 17.7 Å². The molecule has 0 radical (unpaired) electrons. The molecule has 0 saturated carbocycles. The molecule has 158 valence electrons. The van der Waals surface area contributed by atoms with Crippen LogP contribution in [0.25, 0.3) is 17.1 Å². The lowest BCUT2D eigenvalue weighted by molar-refractivity contribution is -0.113. The number of carbonyl (C=O) groups excluding carboxylic acids is 1. The van der Waals surface area contributed by atoms with E-state index in [1.165, 1.54) is 24.3 Å². The third-order valence-electron chi connectivity index (χ3n) is 4.47. The van der Waals surface area contributed by atoms with Crippen LogP contribution in [0.3, 0.4) is 0 Å². The van der Waals surface area contributed by atoms with Gasteiger partial charge >= 0.3 is 0 Å². The summed E-state index contributed by atoms with van der Waals surface area (Å²) in [6.07, 6.45) is 0. The van der Waals surface area contributed by atoms with Crippen LogP contribution in [-0.2, 0) is 4.79 Å². The second kappa shape index (κ2) is 9.41. The van der Waals surface area contributed by atoms with Crippen molar-refractivity contribution >= 4 is 23.4 Å². The molecule has 0 aliphatic heterocycles. The van der Waals surface area contributed by atoms with Gasteiger partial charge in [-0.1, -0.05) is 23.9 Å². The van der Waals surface area contributed by atoms with E-state index in [0.29, 0.717) is 33.5 Å². The van der Waals surface area contributed by atoms with Crippen LogP contribution in [0.15, 0.2) is 78.0 Å². The van der Waals surface area contributed by atoms with Crippen LogP contribution in [0, 0.1) is 23.0 Å². The van der Waals surface area contributed by atoms with E-state index in [2.05, 4.69) is 15.5 Å². The molecule has 32 heavy (non-hydrogen) atoms. The summed E-state index contributed by atoms with van der Waals surface area (Å²) in [5.41, 5.74) is 1.99. The number of benzene rings is 3. The van der Waals surface area contributed by atoms with Crippen molar-refractivity contribution in [2.45, 2.75) is 5.16 Å². The molecule has 1 amide bonds. The highest BCUT2D eigenvalue weighted by Crippen LogP contribution is 2.28. The molecule has 4 aromatic rings. The number of thioether (sulfide) groups is 1. The average molecular weight is 447 g/mol. The van der Waals surface area contributed by atoms with Crippen LogP contribution < -0.4 is 5.32 Å². The maximum Gasteiger partial charge on any atom is 0.234 e. The summed E-state index contributed by atoms with van der Waals surface area (Å²) in [5, 5.41) is 20.7. The fourth-order valence-electron chi connectivity index (χ4n) is 2.98. The van der Waals surface area contributed by atoms with Crippen LogP contribution >= 0.6 is 11.8 Å². The van der Waals surface area contributed by atoms with E-state index < -0.39 is 5.82 Å². The summed E-state index contributed by atoms with van der Waals surface area (Å²) in [5.74, 6) is -0.674.